The van der Waals surface area contributed by atoms with Crippen LogP contribution in [0.1, 0.15) is 76.1 Å². The number of nitrogens with zero attached hydrogens (tertiary/aromatic N) is 2. The van der Waals surface area contributed by atoms with E-state index in [1.807, 2.05) is 12.3 Å². The summed E-state index contributed by atoms with van der Waals surface area (Å²) in [5.74, 6) is 1.09. The van der Waals surface area contributed by atoms with Crippen molar-refractivity contribution >= 4 is 11.2 Å². The Morgan fingerprint density at radius 1 is 0.952 bits per heavy atom. The van der Waals surface area contributed by atoms with Crippen LogP contribution in [0.25, 0.3) is 11.2 Å². The number of hydrogen-bond acceptors (Lipinski definition) is 2. The first kappa shape index (κ1) is 16.0. The van der Waals surface area contributed by atoms with Gasteiger partial charge in [-0.1, -0.05) is 58.3 Å². The van der Waals surface area contributed by atoms with Gasteiger partial charge in [0.2, 0.25) is 0 Å². The number of rotatable bonds is 10. The molecule has 0 fully saturated rings. The molecule has 0 aromatic carbocycles. The second kappa shape index (κ2) is 8.81. The fourth-order valence-corrected chi connectivity index (χ4v) is 2.80. The Kier molecular flexibility index (Phi) is 6.71. The van der Waals surface area contributed by atoms with Gasteiger partial charge >= 0.3 is 0 Å². The Morgan fingerprint density at radius 3 is 2.29 bits per heavy atom. The number of aromatic amines is 1. The number of imidazole rings is 1. The monoisotopic (exact) mass is 287 g/mol. The summed E-state index contributed by atoms with van der Waals surface area (Å²) in [5, 5.41) is 0. The van der Waals surface area contributed by atoms with Crippen LogP contribution in [0.5, 0.6) is 0 Å². The van der Waals surface area contributed by atoms with E-state index in [-0.39, 0.29) is 0 Å². The van der Waals surface area contributed by atoms with E-state index in [1.54, 1.807) is 0 Å². The van der Waals surface area contributed by atoms with Gasteiger partial charge < -0.3 is 4.98 Å². The quantitative estimate of drug-likeness (QED) is 0.599. The van der Waals surface area contributed by atoms with E-state index in [1.165, 1.54) is 63.4 Å². The Morgan fingerprint density at radius 2 is 1.62 bits per heavy atom. The number of pyridine rings is 1. The lowest BCUT2D eigenvalue weighted by molar-refractivity contribution is 0.562. The molecule has 21 heavy (non-hydrogen) atoms. The van der Waals surface area contributed by atoms with Crippen molar-refractivity contribution < 1.29 is 0 Å². The topological polar surface area (TPSA) is 41.6 Å². The molecule has 1 N–H and O–H groups in total. The lowest BCUT2D eigenvalue weighted by Gasteiger charge is -2.01. The molecule has 0 saturated carbocycles. The van der Waals surface area contributed by atoms with Crippen LogP contribution < -0.4 is 0 Å². The molecular formula is C18H29N3. The summed E-state index contributed by atoms with van der Waals surface area (Å²) in [6, 6.07) is 2.03. The van der Waals surface area contributed by atoms with Gasteiger partial charge in [-0.25, -0.2) is 9.97 Å². The van der Waals surface area contributed by atoms with Crippen LogP contribution in [0.2, 0.25) is 0 Å². The van der Waals surface area contributed by atoms with Crippen molar-refractivity contribution in [2.75, 3.05) is 0 Å². The normalized spacial score (nSPS) is 11.3. The minimum absolute atomic E-state index is 0.862. The molecule has 2 heterocycles. The SMILES string of the molecule is CCCCCCCCCCCc1nc2nccc(C)c2[nH]1. The van der Waals surface area contributed by atoms with Gasteiger partial charge in [-0.15, -0.1) is 0 Å². The highest BCUT2D eigenvalue weighted by molar-refractivity contribution is 5.74. The lowest BCUT2D eigenvalue weighted by atomic mass is 10.1. The zero-order valence-corrected chi connectivity index (χ0v) is 13.6. The Balaban J connectivity index is 1.61. The number of H-pyrrole nitrogens is 1. The van der Waals surface area contributed by atoms with Crippen LogP contribution in [-0.4, -0.2) is 15.0 Å². The van der Waals surface area contributed by atoms with Crippen molar-refractivity contribution in [2.45, 2.75) is 78.1 Å². The summed E-state index contributed by atoms with van der Waals surface area (Å²) >= 11 is 0. The standard InChI is InChI=1S/C18H29N3/c1-3-4-5-6-7-8-9-10-11-12-16-20-17-15(2)13-14-19-18(17)21-16/h13-14H,3-12H2,1-2H3,(H,19,20,21). The van der Waals surface area contributed by atoms with Crippen LogP contribution in [-0.2, 0) is 6.42 Å². The van der Waals surface area contributed by atoms with E-state index in [2.05, 4.69) is 28.8 Å². The summed E-state index contributed by atoms with van der Waals surface area (Å²) in [4.78, 5) is 12.3. The fraction of sp³-hybridized carbons (Fsp3) is 0.667. The van der Waals surface area contributed by atoms with Crippen molar-refractivity contribution in [1.82, 2.24) is 15.0 Å². The first-order valence-corrected chi connectivity index (χ1v) is 8.61. The van der Waals surface area contributed by atoms with E-state index in [9.17, 15) is 0 Å². The Labute approximate surface area is 128 Å². The van der Waals surface area contributed by atoms with Gasteiger partial charge in [0, 0.05) is 12.6 Å². The zero-order chi connectivity index (χ0) is 14.9. The van der Waals surface area contributed by atoms with Crippen LogP contribution in [0.15, 0.2) is 12.3 Å². The summed E-state index contributed by atoms with van der Waals surface area (Å²) in [6.07, 6.45) is 15.2. The fourth-order valence-electron chi connectivity index (χ4n) is 2.80. The van der Waals surface area contributed by atoms with Crippen molar-refractivity contribution in [3.8, 4) is 0 Å². The van der Waals surface area contributed by atoms with Crippen molar-refractivity contribution in [1.29, 1.82) is 0 Å². The van der Waals surface area contributed by atoms with Crippen LogP contribution in [0.3, 0.4) is 0 Å². The molecule has 0 spiro atoms. The largest absolute Gasteiger partial charge is 0.340 e. The summed E-state index contributed by atoms with van der Waals surface area (Å²) in [6.45, 7) is 4.37. The van der Waals surface area contributed by atoms with E-state index < -0.39 is 0 Å². The van der Waals surface area contributed by atoms with Crippen molar-refractivity contribution in [2.24, 2.45) is 0 Å². The van der Waals surface area contributed by atoms with E-state index in [0.29, 0.717) is 0 Å². The lowest BCUT2D eigenvalue weighted by Crippen LogP contribution is -1.89. The number of unbranched alkanes of at least 4 members (excludes halogenated alkanes) is 8. The number of fused-ring (bicyclic) bond motifs is 1. The average Bonchev–Trinajstić information content (AvgIpc) is 2.90. The molecule has 2 aromatic rings. The van der Waals surface area contributed by atoms with Gasteiger partial charge in [0.25, 0.3) is 0 Å². The maximum absolute atomic E-state index is 4.57. The van der Waals surface area contributed by atoms with Crippen LogP contribution >= 0.6 is 0 Å². The minimum atomic E-state index is 0.862. The summed E-state index contributed by atoms with van der Waals surface area (Å²) < 4.78 is 0. The zero-order valence-electron chi connectivity index (χ0n) is 13.6. The third kappa shape index (κ3) is 5.14. The number of aromatic nitrogens is 3. The Bertz CT molecular complexity index is 530. The van der Waals surface area contributed by atoms with Gasteiger partial charge in [-0.2, -0.15) is 0 Å². The summed E-state index contributed by atoms with van der Waals surface area (Å²) in [5.41, 5.74) is 3.19. The highest BCUT2D eigenvalue weighted by atomic mass is 15.0. The van der Waals surface area contributed by atoms with Gasteiger partial charge in [0.15, 0.2) is 5.65 Å². The number of hydrogen-bond donors (Lipinski definition) is 1. The second-order valence-corrected chi connectivity index (χ2v) is 6.09. The maximum Gasteiger partial charge on any atom is 0.177 e. The highest BCUT2D eigenvalue weighted by Gasteiger charge is 2.05. The maximum atomic E-state index is 4.57. The molecule has 3 nitrogen and oxygen atoms in total. The molecule has 116 valence electrons. The predicted octanol–water partition coefficient (Wildman–Crippen LogP) is 5.34. The van der Waals surface area contributed by atoms with Crippen LogP contribution in [0, 0.1) is 6.92 Å². The number of nitrogens with one attached hydrogen (secondary N) is 1. The molecule has 0 unspecified atom stereocenters. The molecule has 0 aliphatic heterocycles. The molecular weight excluding hydrogens is 258 g/mol. The average molecular weight is 287 g/mol. The molecule has 0 bridgehead atoms. The molecule has 0 aliphatic rings. The van der Waals surface area contributed by atoms with Crippen molar-refractivity contribution in [3.05, 3.63) is 23.7 Å². The predicted molar refractivity (Wildman–Crippen MR) is 89.6 cm³/mol. The molecule has 2 rings (SSSR count). The first-order valence-electron chi connectivity index (χ1n) is 8.61. The van der Waals surface area contributed by atoms with Crippen molar-refractivity contribution in [3.63, 3.8) is 0 Å². The summed E-state index contributed by atoms with van der Waals surface area (Å²) in [7, 11) is 0. The molecule has 0 radical (unpaired) electrons. The van der Waals surface area contributed by atoms with Gasteiger partial charge in [0.1, 0.15) is 5.82 Å². The molecule has 2 aromatic heterocycles. The second-order valence-electron chi connectivity index (χ2n) is 6.09. The molecule has 0 aliphatic carbocycles. The Hall–Kier alpha value is -1.38. The first-order chi connectivity index (χ1) is 10.3. The molecule has 0 atom stereocenters. The van der Waals surface area contributed by atoms with Crippen LogP contribution in [0.4, 0.5) is 0 Å². The minimum Gasteiger partial charge on any atom is -0.340 e. The third-order valence-electron chi connectivity index (χ3n) is 4.17. The number of aryl methyl sites for hydroxylation is 2. The third-order valence-corrected chi connectivity index (χ3v) is 4.17. The molecule has 0 saturated heterocycles. The van der Waals surface area contributed by atoms with Gasteiger partial charge in [-0.05, 0) is 25.0 Å². The van der Waals surface area contributed by atoms with E-state index in [4.69, 9.17) is 0 Å². The van der Waals surface area contributed by atoms with E-state index in [0.717, 1.165) is 23.4 Å². The molecule has 3 heteroatoms. The molecule has 0 amide bonds. The van der Waals surface area contributed by atoms with Gasteiger partial charge in [0.05, 0.1) is 5.52 Å². The highest BCUT2D eigenvalue weighted by Crippen LogP contribution is 2.15. The van der Waals surface area contributed by atoms with E-state index >= 15 is 0 Å². The van der Waals surface area contributed by atoms with Gasteiger partial charge in [-0.3, -0.25) is 0 Å². The smallest absolute Gasteiger partial charge is 0.177 e.